The van der Waals surface area contributed by atoms with Gasteiger partial charge in [-0.3, -0.25) is 14.9 Å². The highest BCUT2D eigenvalue weighted by Gasteiger charge is 2.23. The van der Waals surface area contributed by atoms with Crippen LogP contribution < -0.4 is 15.4 Å². The van der Waals surface area contributed by atoms with Crippen molar-refractivity contribution in [2.45, 2.75) is 13.8 Å². The van der Waals surface area contributed by atoms with Gasteiger partial charge in [-0.25, -0.2) is 9.97 Å². The summed E-state index contributed by atoms with van der Waals surface area (Å²) in [7, 11) is 0. The Hall–Kier alpha value is -3.60. The zero-order chi connectivity index (χ0) is 25.7. The number of para-hydroxylation sites is 1. The van der Waals surface area contributed by atoms with Crippen molar-refractivity contribution in [3.8, 4) is 5.75 Å². The van der Waals surface area contributed by atoms with Gasteiger partial charge < -0.3 is 24.9 Å². The van der Waals surface area contributed by atoms with Gasteiger partial charge in [0.1, 0.15) is 18.1 Å². The summed E-state index contributed by atoms with van der Waals surface area (Å²) in [6.07, 6.45) is 1.25. The molecule has 0 aliphatic heterocycles. The van der Waals surface area contributed by atoms with E-state index in [-0.39, 0.29) is 33.1 Å². The number of anilines is 2. The van der Waals surface area contributed by atoms with E-state index in [1.807, 2.05) is 12.1 Å². The molecule has 0 aliphatic rings. The fraction of sp³-hybridized carbons (Fsp3) is 0.250. The number of amides is 2. The number of fused-ring (bicyclic) bond motifs is 1. The Morgan fingerprint density at radius 2 is 1.81 bits per heavy atom. The van der Waals surface area contributed by atoms with Crippen LogP contribution in [0.4, 0.5) is 11.6 Å². The van der Waals surface area contributed by atoms with E-state index in [0.717, 1.165) is 25.2 Å². The number of carbonyl (C=O) groups is 2. The fourth-order valence-electron chi connectivity index (χ4n) is 3.57. The molecule has 188 valence electrons. The predicted octanol–water partition coefficient (Wildman–Crippen LogP) is 4.82. The van der Waals surface area contributed by atoms with Crippen molar-refractivity contribution in [3.05, 3.63) is 64.2 Å². The largest absolute Gasteiger partial charge is 0.492 e. The summed E-state index contributed by atoms with van der Waals surface area (Å²) in [5.41, 5.74) is 1.41. The average molecular weight is 530 g/mol. The number of ether oxygens (including phenoxy) is 1. The molecule has 4 aromatic rings. The summed E-state index contributed by atoms with van der Waals surface area (Å²) >= 11 is 12.2. The number of H-pyrrole nitrogens is 2. The number of halogens is 2. The molecule has 4 N–H and O–H groups in total. The molecule has 4 rings (SSSR count). The van der Waals surface area contributed by atoms with E-state index in [1.54, 1.807) is 24.3 Å². The maximum atomic E-state index is 12.9. The molecule has 2 aromatic heterocycles. The van der Waals surface area contributed by atoms with Crippen molar-refractivity contribution in [1.82, 2.24) is 24.8 Å². The maximum absolute atomic E-state index is 12.9. The van der Waals surface area contributed by atoms with Crippen LogP contribution in [0.1, 0.15) is 34.8 Å². The molecule has 36 heavy (non-hydrogen) atoms. The molecular weight excluding hydrogens is 505 g/mol. The lowest BCUT2D eigenvalue weighted by molar-refractivity contribution is 0.0985. The van der Waals surface area contributed by atoms with Gasteiger partial charge in [-0.1, -0.05) is 43.1 Å². The molecule has 2 aromatic carbocycles. The van der Waals surface area contributed by atoms with Gasteiger partial charge in [0.05, 0.1) is 33.1 Å². The molecule has 2 amide bonds. The third-order valence-electron chi connectivity index (χ3n) is 5.54. The number of aromatic amines is 2. The minimum Gasteiger partial charge on any atom is -0.492 e. The van der Waals surface area contributed by atoms with Gasteiger partial charge in [0, 0.05) is 12.6 Å². The zero-order valence-electron chi connectivity index (χ0n) is 19.7. The van der Waals surface area contributed by atoms with E-state index in [2.05, 4.69) is 49.3 Å². The van der Waals surface area contributed by atoms with Crippen molar-refractivity contribution in [2.24, 2.45) is 0 Å². The van der Waals surface area contributed by atoms with E-state index in [9.17, 15) is 9.59 Å². The predicted molar refractivity (Wildman–Crippen MR) is 140 cm³/mol. The molecule has 0 aliphatic carbocycles. The molecule has 0 unspecified atom stereocenters. The fourth-order valence-corrected chi connectivity index (χ4v) is 4.06. The lowest BCUT2D eigenvalue weighted by atomic mass is 10.2. The van der Waals surface area contributed by atoms with Crippen molar-refractivity contribution in [2.75, 3.05) is 36.9 Å². The smallest absolute Gasteiger partial charge is 0.276 e. The average Bonchev–Trinajstić information content (AvgIpc) is 3.51. The molecule has 0 radical (unpaired) electrons. The number of benzene rings is 2. The number of imidazole rings is 2. The summed E-state index contributed by atoms with van der Waals surface area (Å²) in [6, 6.07) is 10.3. The molecule has 10 nitrogen and oxygen atoms in total. The van der Waals surface area contributed by atoms with Gasteiger partial charge >= 0.3 is 0 Å². The zero-order valence-corrected chi connectivity index (χ0v) is 21.2. The van der Waals surface area contributed by atoms with Crippen LogP contribution in [0, 0.1) is 0 Å². The minimum atomic E-state index is -0.646. The van der Waals surface area contributed by atoms with Gasteiger partial charge in [0.25, 0.3) is 11.8 Å². The second kappa shape index (κ2) is 11.4. The van der Waals surface area contributed by atoms with Crippen LogP contribution in [-0.2, 0) is 0 Å². The lowest BCUT2D eigenvalue weighted by Gasteiger charge is -2.17. The first-order chi connectivity index (χ1) is 17.4. The SMILES string of the molecule is CCN(CC)CCOc1ccc2[nH]c(NC(=O)c3[nH]cnc3C(=O)Nc3c(Cl)cccc3Cl)nc2c1. The van der Waals surface area contributed by atoms with Crippen molar-refractivity contribution >= 4 is 57.7 Å². The molecule has 0 fully saturated rings. The molecule has 0 bridgehead atoms. The Bertz CT molecular complexity index is 1360. The van der Waals surface area contributed by atoms with Gasteiger partial charge in [0.2, 0.25) is 5.95 Å². The van der Waals surface area contributed by atoms with Crippen molar-refractivity contribution in [3.63, 3.8) is 0 Å². The number of nitrogens with one attached hydrogen (secondary N) is 4. The number of rotatable bonds is 10. The first-order valence-corrected chi connectivity index (χ1v) is 12.1. The summed E-state index contributed by atoms with van der Waals surface area (Å²) in [6.45, 7) is 7.55. The minimum absolute atomic E-state index is 0.0449. The molecule has 0 spiro atoms. The van der Waals surface area contributed by atoms with Crippen molar-refractivity contribution in [1.29, 1.82) is 0 Å². The van der Waals surface area contributed by atoms with Crippen LogP contribution in [0.2, 0.25) is 10.0 Å². The van der Waals surface area contributed by atoms with Crippen LogP contribution in [0.5, 0.6) is 5.75 Å². The third-order valence-corrected chi connectivity index (χ3v) is 6.17. The van der Waals surface area contributed by atoms with E-state index in [4.69, 9.17) is 27.9 Å². The normalized spacial score (nSPS) is 11.1. The number of likely N-dealkylation sites (N-methyl/N-ethyl adjacent to an activating group) is 1. The molecule has 12 heteroatoms. The highest BCUT2D eigenvalue weighted by molar-refractivity contribution is 6.40. The van der Waals surface area contributed by atoms with Crippen LogP contribution in [-0.4, -0.2) is 62.9 Å². The molecule has 0 saturated carbocycles. The number of aromatic nitrogens is 4. The number of carbonyl (C=O) groups excluding carboxylic acids is 2. The number of hydrogen-bond acceptors (Lipinski definition) is 6. The summed E-state index contributed by atoms with van der Waals surface area (Å²) in [4.78, 5) is 42.1. The van der Waals surface area contributed by atoms with E-state index in [1.165, 1.54) is 6.33 Å². The van der Waals surface area contributed by atoms with Gasteiger partial charge in [-0.15, -0.1) is 0 Å². The van der Waals surface area contributed by atoms with Crippen LogP contribution >= 0.6 is 23.2 Å². The Morgan fingerprint density at radius 1 is 1.06 bits per heavy atom. The van der Waals surface area contributed by atoms with Crippen molar-refractivity contribution < 1.29 is 14.3 Å². The second-order valence-electron chi connectivity index (χ2n) is 7.77. The van der Waals surface area contributed by atoms with Crippen LogP contribution in [0.3, 0.4) is 0 Å². The Morgan fingerprint density at radius 3 is 2.53 bits per heavy atom. The standard InChI is InChI=1S/C24H25Cl2N7O3/c1-3-33(4-2)10-11-36-14-8-9-17-18(12-14)30-24(29-17)32-23(35)21-20(27-13-28-21)22(34)31-19-15(25)6-5-7-16(19)26/h5-9,12-13H,3-4,10-11H2,1-2H3,(H,27,28)(H,31,34)(H2,29,30,32,35). The summed E-state index contributed by atoms with van der Waals surface area (Å²) in [5, 5.41) is 5.77. The van der Waals surface area contributed by atoms with E-state index in [0.29, 0.717) is 17.9 Å². The van der Waals surface area contributed by atoms with Gasteiger partial charge in [-0.2, -0.15) is 0 Å². The van der Waals surface area contributed by atoms with Crippen LogP contribution in [0.25, 0.3) is 11.0 Å². The third kappa shape index (κ3) is 5.78. The highest BCUT2D eigenvalue weighted by atomic mass is 35.5. The molecule has 0 saturated heterocycles. The number of nitrogens with zero attached hydrogens (tertiary/aromatic N) is 3. The monoisotopic (exact) mass is 529 g/mol. The Kier molecular flexibility index (Phi) is 8.09. The van der Waals surface area contributed by atoms with E-state index < -0.39 is 11.8 Å². The summed E-state index contributed by atoms with van der Waals surface area (Å²) < 4.78 is 5.85. The van der Waals surface area contributed by atoms with Crippen LogP contribution in [0.15, 0.2) is 42.7 Å². The number of hydrogen-bond donors (Lipinski definition) is 4. The summed E-state index contributed by atoms with van der Waals surface area (Å²) in [5.74, 6) is -0.347. The quantitative estimate of drug-likeness (QED) is 0.233. The lowest BCUT2D eigenvalue weighted by Crippen LogP contribution is -2.27. The molecule has 2 heterocycles. The second-order valence-corrected chi connectivity index (χ2v) is 8.59. The first-order valence-electron chi connectivity index (χ1n) is 11.3. The maximum Gasteiger partial charge on any atom is 0.276 e. The topological polar surface area (TPSA) is 128 Å². The van der Waals surface area contributed by atoms with Gasteiger partial charge in [-0.05, 0) is 37.4 Å². The highest BCUT2D eigenvalue weighted by Crippen LogP contribution is 2.30. The molecule has 0 atom stereocenters. The van der Waals surface area contributed by atoms with Gasteiger partial charge in [0.15, 0.2) is 5.69 Å². The Labute approximate surface area is 217 Å². The van der Waals surface area contributed by atoms with E-state index >= 15 is 0 Å². The first kappa shape index (κ1) is 25.5. The Balaban J connectivity index is 1.44. The molecular formula is C24H25Cl2N7O3.